The minimum atomic E-state index is -3.87. The molecule has 1 N–H and O–H groups in total. The van der Waals surface area contributed by atoms with Gasteiger partial charge in [0.15, 0.2) is 5.25 Å². The van der Waals surface area contributed by atoms with Crippen LogP contribution in [0.3, 0.4) is 0 Å². The van der Waals surface area contributed by atoms with Gasteiger partial charge in [-0.25, -0.2) is 13.4 Å². The molecule has 0 radical (unpaired) electrons. The number of aromatic nitrogens is 1. The number of hydrogen-bond donors (Lipinski definition) is 1. The Hall–Kier alpha value is -1.34. The zero-order valence-corrected chi connectivity index (χ0v) is 11.7. The van der Waals surface area contributed by atoms with E-state index in [-0.39, 0.29) is 10.8 Å². The van der Waals surface area contributed by atoms with Crippen LogP contribution in [0.2, 0.25) is 5.15 Å². The van der Waals surface area contributed by atoms with Crippen molar-refractivity contribution in [2.75, 3.05) is 11.8 Å². The number of ether oxygens (including phenoxy) is 1. The zero-order chi connectivity index (χ0) is 13.9. The van der Waals surface area contributed by atoms with Crippen LogP contribution in [0.5, 0.6) is 0 Å². The standard InChI is InChI=1S/C10H13ClN2O4S/c1-6-8(4-5-9(11)12-6)13-18(15,16)7(2)10(14)17-3/h4-5,7,13H,1-3H3. The number of esters is 1. The molecule has 0 fully saturated rings. The van der Waals surface area contributed by atoms with Gasteiger partial charge in [0, 0.05) is 0 Å². The molecule has 1 rings (SSSR count). The summed E-state index contributed by atoms with van der Waals surface area (Å²) < 4.78 is 30.4. The summed E-state index contributed by atoms with van der Waals surface area (Å²) in [6.45, 7) is 2.85. The van der Waals surface area contributed by atoms with Crippen molar-refractivity contribution in [2.45, 2.75) is 19.1 Å². The topological polar surface area (TPSA) is 85.4 Å². The van der Waals surface area contributed by atoms with Crippen molar-refractivity contribution in [1.82, 2.24) is 4.98 Å². The van der Waals surface area contributed by atoms with Crippen LogP contribution in [0.15, 0.2) is 12.1 Å². The van der Waals surface area contributed by atoms with Crippen LogP contribution in [-0.2, 0) is 19.6 Å². The smallest absolute Gasteiger partial charge is 0.325 e. The van der Waals surface area contributed by atoms with Crippen LogP contribution in [-0.4, -0.2) is 31.7 Å². The molecule has 1 aromatic heterocycles. The first kappa shape index (κ1) is 14.7. The predicted octanol–water partition coefficient (Wildman–Crippen LogP) is 1.35. The van der Waals surface area contributed by atoms with Crippen molar-refractivity contribution in [1.29, 1.82) is 0 Å². The van der Waals surface area contributed by atoms with Crippen molar-refractivity contribution >= 4 is 33.3 Å². The van der Waals surface area contributed by atoms with Crippen LogP contribution in [0.4, 0.5) is 5.69 Å². The van der Waals surface area contributed by atoms with Crippen LogP contribution in [0, 0.1) is 6.92 Å². The van der Waals surface area contributed by atoms with Gasteiger partial charge in [0.25, 0.3) is 0 Å². The lowest BCUT2D eigenvalue weighted by molar-refractivity contribution is -0.139. The van der Waals surface area contributed by atoms with Gasteiger partial charge in [-0.2, -0.15) is 0 Å². The van der Waals surface area contributed by atoms with Crippen LogP contribution >= 0.6 is 11.6 Å². The van der Waals surface area contributed by atoms with Crippen LogP contribution in [0.1, 0.15) is 12.6 Å². The van der Waals surface area contributed by atoms with E-state index in [1.807, 2.05) is 0 Å². The number of carbonyl (C=O) groups is 1. The van der Waals surface area contributed by atoms with E-state index in [1.54, 1.807) is 6.92 Å². The monoisotopic (exact) mass is 292 g/mol. The highest BCUT2D eigenvalue weighted by Gasteiger charge is 2.29. The summed E-state index contributed by atoms with van der Waals surface area (Å²) in [6.07, 6.45) is 0. The average molecular weight is 293 g/mol. The first-order valence-corrected chi connectivity index (χ1v) is 6.93. The Morgan fingerprint density at radius 2 is 2.11 bits per heavy atom. The number of halogens is 1. The highest BCUT2D eigenvalue weighted by molar-refractivity contribution is 7.94. The Bertz CT molecular complexity index is 559. The third-order valence-corrected chi connectivity index (χ3v) is 4.14. The number of hydrogen-bond acceptors (Lipinski definition) is 5. The fourth-order valence-corrected chi connectivity index (χ4v) is 2.41. The Morgan fingerprint density at radius 1 is 1.50 bits per heavy atom. The largest absolute Gasteiger partial charge is 0.468 e. The van der Waals surface area contributed by atoms with Crippen molar-refractivity contribution in [3.8, 4) is 0 Å². The first-order chi connectivity index (χ1) is 8.27. The molecule has 0 bridgehead atoms. The van der Waals surface area contributed by atoms with Gasteiger partial charge in [0.2, 0.25) is 10.0 Å². The fraction of sp³-hybridized carbons (Fsp3) is 0.400. The van der Waals surface area contributed by atoms with E-state index < -0.39 is 21.2 Å². The molecule has 0 aliphatic rings. The molecule has 0 aromatic carbocycles. The van der Waals surface area contributed by atoms with Crippen molar-refractivity contribution in [3.05, 3.63) is 23.0 Å². The second-order valence-electron chi connectivity index (χ2n) is 3.58. The van der Waals surface area contributed by atoms with Gasteiger partial charge in [0.1, 0.15) is 5.15 Å². The van der Waals surface area contributed by atoms with Crippen molar-refractivity contribution < 1.29 is 17.9 Å². The third-order valence-electron chi connectivity index (χ3n) is 2.30. The van der Waals surface area contributed by atoms with E-state index in [9.17, 15) is 13.2 Å². The Labute approximate surface area is 110 Å². The lowest BCUT2D eigenvalue weighted by Gasteiger charge is -2.14. The normalized spacial score (nSPS) is 12.9. The highest BCUT2D eigenvalue weighted by atomic mass is 35.5. The number of sulfonamides is 1. The number of nitrogens with one attached hydrogen (secondary N) is 1. The van der Waals surface area contributed by atoms with E-state index in [0.29, 0.717) is 5.69 Å². The van der Waals surface area contributed by atoms with E-state index in [1.165, 1.54) is 19.1 Å². The number of carbonyl (C=O) groups excluding carboxylic acids is 1. The maximum Gasteiger partial charge on any atom is 0.325 e. The van der Waals surface area contributed by atoms with Gasteiger partial charge in [-0.3, -0.25) is 9.52 Å². The van der Waals surface area contributed by atoms with Crippen LogP contribution < -0.4 is 4.72 Å². The number of rotatable bonds is 4. The first-order valence-electron chi connectivity index (χ1n) is 5.00. The summed E-state index contributed by atoms with van der Waals surface area (Å²) in [5.74, 6) is -0.831. The Morgan fingerprint density at radius 3 is 2.61 bits per heavy atom. The maximum atomic E-state index is 11.9. The minimum absolute atomic E-state index is 0.261. The average Bonchev–Trinajstić information content (AvgIpc) is 2.30. The molecule has 1 unspecified atom stereocenters. The van der Waals surface area contributed by atoms with Crippen LogP contribution in [0.25, 0.3) is 0 Å². The van der Waals surface area contributed by atoms with Gasteiger partial charge in [-0.15, -0.1) is 0 Å². The van der Waals surface area contributed by atoms with Gasteiger partial charge in [-0.05, 0) is 26.0 Å². The molecular formula is C10H13ClN2O4S. The minimum Gasteiger partial charge on any atom is -0.468 e. The molecular weight excluding hydrogens is 280 g/mol. The van der Waals surface area contributed by atoms with E-state index >= 15 is 0 Å². The molecule has 1 heterocycles. The molecule has 1 atom stereocenters. The van der Waals surface area contributed by atoms with Gasteiger partial charge < -0.3 is 4.74 Å². The SMILES string of the molecule is COC(=O)C(C)S(=O)(=O)Nc1ccc(Cl)nc1C. The summed E-state index contributed by atoms with van der Waals surface area (Å²) in [6, 6.07) is 2.93. The number of nitrogens with zero attached hydrogens (tertiary/aromatic N) is 1. The van der Waals surface area contributed by atoms with Gasteiger partial charge >= 0.3 is 5.97 Å². The summed E-state index contributed by atoms with van der Waals surface area (Å²) in [5.41, 5.74) is 0.693. The molecule has 1 aromatic rings. The Kier molecular flexibility index (Phi) is 4.53. The number of methoxy groups -OCH3 is 1. The molecule has 0 saturated carbocycles. The summed E-state index contributed by atoms with van der Waals surface area (Å²) in [7, 11) is -2.74. The fourth-order valence-electron chi connectivity index (χ4n) is 1.17. The third kappa shape index (κ3) is 3.33. The highest BCUT2D eigenvalue weighted by Crippen LogP contribution is 2.18. The quantitative estimate of drug-likeness (QED) is 0.669. The molecule has 0 amide bonds. The van der Waals surface area contributed by atoms with Crippen molar-refractivity contribution in [2.24, 2.45) is 0 Å². The van der Waals surface area contributed by atoms with Gasteiger partial charge in [0.05, 0.1) is 18.5 Å². The summed E-state index contributed by atoms with van der Waals surface area (Å²) in [4.78, 5) is 15.1. The molecule has 0 aliphatic carbocycles. The van der Waals surface area contributed by atoms with E-state index in [0.717, 1.165) is 7.11 Å². The molecule has 0 spiro atoms. The summed E-state index contributed by atoms with van der Waals surface area (Å²) >= 11 is 5.66. The molecule has 18 heavy (non-hydrogen) atoms. The molecule has 100 valence electrons. The lowest BCUT2D eigenvalue weighted by atomic mass is 10.3. The second-order valence-corrected chi connectivity index (χ2v) is 5.97. The van der Waals surface area contributed by atoms with Gasteiger partial charge in [-0.1, -0.05) is 11.6 Å². The molecule has 0 aliphatic heterocycles. The second kappa shape index (κ2) is 5.53. The predicted molar refractivity (Wildman–Crippen MR) is 68.0 cm³/mol. The molecule has 6 nitrogen and oxygen atoms in total. The maximum absolute atomic E-state index is 11.9. The summed E-state index contributed by atoms with van der Waals surface area (Å²) in [5, 5.41) is -1.05. The molecule has 8 heteroatoms. The molecule has 0 saturated heterocycles. The zero-order valence-electron chi connectivity index (χ0n) is 10.1. The lowest BCUT2D eigenvalue weighted by Crippen LogP contribution is -2.33. The van der Waals surface area contributed by atoms with Crippen molar-refractivity contribution in [3.63, 3.8) is 0 Å². The Balaban J connectivity index is 2.99. The number of anilines is 1. The van der Waals surface area contributed by atoms with E-state index in [4.69, 9.17) is 11.6 Å². The number of aryl methyl sites for hydroxylation is 1. The number of pyridine rings is 1. The van der Waals surface area contributed by atoms with E-state index in [2.05, 4.69) is 14.4 Å².